The number of carboxylic acids is 1. The van der Waals surface area contributed by atoms with Gasteiger partial charge in [-0.1, -0.05) is 12.1 Å². The lowest BCUT2D eigenvalue weighted by molar-refractivity contribution is -0.143. The number of benzene rings is 3. The third kappa shape index (κ3) is 6.59. The van der Waals surface area contributed by atoms with E-state index in [-0.39, 0.29) is 18.2 Å². The predicted molar refractivity (Wildman–Crippen MR) is 176 cm³/mol. The van der Waals surface area contributed by atoms with Crippen molar-refractivity contribution in [2.45, 2.75) is 51.3 Å². The summed E-state index contributed by atoms with van der Waals surface area (Å²) in [5, 5.41) is 9.44. The van der Waals surface area contributed by atoms with Crippen LogP contribution in [-0.2, 0) is 23.6 Å². The average molecular weight is 727 g/mol. The zero-order valence-electron chi connectivity index (χ0n) is 28.0. The number of carbonyl (C=O) groups is 2. The summed E-state index contributed by atoms with van der Waals surface area (Å²) in [6, 6.07) is 10.3. The van der Waals surface area contributed by atoms with Crippen molar-refractivity contribution in [3.05, 3.63) is 94.3 Å². The normalized spacial score (nSPS) is 21.3. The van der Waals surface area contributed by atoms with E-state index in [1.165, 1.54) is 25.0 Å². The number of hydrogen-bond acceptors (Lipinski definition) is 7. The molecule has 3 aromatic carbocycles. The molecule has 2 aliphatic heterocycles. The van der Waals surface area contributed by atoms with Crippen LogP contribution in [0, 0.1) is 18.8 Å². The lowest BCUT2D eigenvalue weighted by atomic mass is 9.94. The first kappa shape index (κ1) is 35.1. The number of amides is 1. The third-order valence-corrected chi connectivity index (χ3v) is 10.0. The summed E-state index contributed by atoms with van der Waals surface area (Å²) in [6.45, 7) is 4.58. The van der Waals surface area contributed by atoms with Gasteiger partial charge in [0.05, 0.1) is 42.1 Å². The Morgan fingerprint density at radius 2 is 1.62 bits per heavy atom. The van der Waals surface area contributed by atoms with E-state index in [9.17, 15) is 41.0 Å². The first-order chi connectivity index (χ1) is 24.5. The van der Waals surface area contributed by atoms with Crippen molar-refractivity contribution in [1.29, 1.82) is 0 Å². The minimum absolute atomic E-state index is 0.0310. The first-order valence-corrected chi connectivity index (χ1v) is 16.4. The first-order valence-electron chi connectivity index (χ1n) is 16.4. The van der Waals surface area contributed by atoms with E-state index < -0.39 is 53.3 Å². The molecule has 4 atom stereocenters. The topological polar surface area (TPSA) is 105 Å². The van der Waals surface area contributed by atoms with Crippen LogP contribution in [0.15, 0.2) is 60.8 Å². The minimum Gasteiger partial charge on any atom is -0.496 e. The molecule has 1 amide bonds. The summed E-state index contributed by atoms with van der Waals surface area (Å²) in [6.07, 6.45) is -9.80. The fourth-order valence-corrected chi connectivity index (χ4v) is 7.14. The average Bonchev–Trinajstić information content (AvgIpc) is 3.60. The highest BCUT2D eigenvalue weighted by Gasteiger charge is 2.47. The summed E-state index contributed by atoms with van der Waals surface area (Å²) in [4.78, 5) is 37.7. The molecule has 1 aliphatic carbocycles. The number of rotatable bonds is 8. The van der Waals surface area contributed by atoms with Crippen LogP contribution in [-0.4, -0.2) is 58.3 Å². The SMILES string of the molecule is COc1ccc(-c2ccc(C(=O)O)cc2C)cc1-c1cnc(N2CC3CC3C2)nc1CN1C(=O)O[C@H](c2cc(C(F)(F)F)cc(C(F)(F)F)c2)[C@@H]1C. The van der Waals surface area contributed by atoms with Crippen LogP contribution in [0.25, 0.3) is 22.3 Å². The number of alkyl halides is 6. The largest absolute Gasteiger partial charge is 0.496 e. The number of halogens is 6. The second-order valence-corrected chi connectivity index (χ2v) is 13.5. The maximum Gasteiger partial charge on any atom is 0.416 e. The zero-order valence-corrected chi connectivity index (χ0v) is 28.0. The molecular weight excluding hydrogens is 694 g/mol. The van der Waals surface area contributed by atoms with Gasteiger partial charge in [-0.05, 0) is 96.8 Å². The van der Waals surface area contributed by atoms with Gasteiger partial charge in [0.15, 0.2) is 0 Å². The van der Waals surface area contributed by atoms with Crippen molar-refractivity contribution in [2.24, 2.45) is 11.8 Å². The third-order valence-electron chi connectivity index (χ3n) is 10.0. The number of anilines is 1. The molecule has 3 aliphatic rings. The summed E-state index contributed by atoms with van der Waals surface area (Å²) in [5.74, 6) is 0.881. The maximum absolute atomic E-state index is 13.7. The van der Waals surface area contributed by atoms with Gasteiger partial charge in [0.1, 0.15) is 11.9 Å². The van der Waals surface area contributed by atoms with Crippen LogP contribution < -0.4 is 9.64 Å². The quantitative estimate of drug-likeness (QED) is 0.181. The zero-order chi connectivity index (χ0) is 37.3. The second-order valence-electron chi connectivity index (χ2n) is 13.5. The van der Waals surface area contributed by atoms with Crippen LogP contribution in [0.5, 0.6) is 5.75 Å². The number of nitrogens with zero attached hydrogens (tertiary/aromatic N) is 4. The molecule has 2 saturated heterocycles. The van der Waals surface area contributed by atoms with Crippen LogP contribution in [0.2, 0.25) is 0 Å². The van der Waals surface area contributed by atoms with E-state index in [1.54, 1.807) is 31.3 Å². The molecule has 52 heavy (non-hydrogen) atoms. The smallest absolute Gasteiger partial charge is 0.416 e. The molecule has 15 heteroatoms. The molecule has 4 aromatic rings. The molecule has 1 aromatic heterocycles. The monoisotopic (exact) mass is 726 g/mol. The lowest BCUT2D eigenvalue weighted by Gasteiger charge is -2.25. The molecule has 7 rings (SSSR count). The van der Waals surface area contributed by atoms with E-state index in [2.05, 4.69) is 4.98 Å². The number of carboxylic acid groups (broad SMARTS) is 1. The van der Waals surface area contributed by atoms with Gasteiger partial charge in [0.25, 0.3) is 0 Å². The fraction of sp³-hybridized carbons (Fsp3) is 0.351. The Morgan fingerprint density at radius 1 is 0.942 bits per heavy atom. The van der Waals surface area contributed by atoms with Crippen molar-refractivity contribution >= 4 is 18.0 Å². The van der Waals surface area contributed by atoms with E-state index >= 15 is 0 Å². The van der Waals surface area contributed by atoms with Gasteiger partial charge >= 0.3 is 24.4 Å². The summed E-state index contributed by atoms with van der Waals surface area (Å²) < 4.78 is 93.3. The number of fused-ring (bicyclic) bond motifs is 1. The fourth-order valence-electron chi connectivity index (χ4n) is 7.14. The number of methoxy groups -OCH3 is 1. The Labute approximate surface area is 293 Å². The Bertz CT molecular complexity index is 2040. The van der Waals surface area contributed by atoms with Crippen LogP contribution >= 0.6 is 0 Å². The van der Waals surface area contributed by atoms with Crippen LogP contribution in [0.4, 0.5) is 37.1 Å². The van der Waals surface area contributed by atoms with E-state index in [0.717, 1.165) is 30.6 Å². The summed E-state index contributed by atoms with van der Waals surface area (Å²) in [7, 11) is 1.48. The highest BCUT2D eigenvalue weighted by atomic mass is 19.4. The molecular formula is C37H32F6N4O5. The van der Waals surface area contributed by atoms with Gasteiger partial charge in [-0.3, -0.25) is 4.90 Å². The van der Waals surface area contributed by atoms with Gasteiger partial charge in [-0.25, -0.2) is 19.6 Å². The van der Waals surface area contributed by atoms with E-state index in [0.29, 0.717) is 58.1 Å². The molecule has 1 N–H and O–H groups in total. The molecule has 0 bridgehead atoms. The van der Waals surface area contributed by atoms with Gasteiger partial charge < -0.3 is 19.5 Å². The maximum atomic E-state index is 13.7. The van der Waals surface area contributed by atoms with Crippen LogP contribution in [0.1, 0.15) is 57.8 Å². The summed E-state index contributed by atoms with van der Waals surface area (Å²) >= 11 is 0. The number of aromatic carboxylic acids is 1. The van der Waals surface area contributed by atoms with E-state index in [1.807, 2.05) is 17.0 Å². The standard InChI is InChI=1S/C37H32F6N4O5/c1-18-8-21(33(48)49)4-6-27(18)20-5-7-31(51-3)28(12-20)29-14-44-34(46-15-23-9-24(23)16-46)45-30(29)17-47-19(2)32(52-35(47)50)22-10-25(36(38,39)40)13-26(11-22)37(41,42)43/h4-8,10-14,19,23-24,32H,9,15-17H2,1-3H3,(H,48,49)/t19-,23?,24?,32-/m0/s1. The summed E-state index contributed by atoms with van der Waals surface area (Å²) in [5.41, 5.74) is 0.208. The number of carbonyl (C=O) groups excluding carboxylic acids is 1. The number of aromatic nitrogens is 2. The Hall–Kier alpha value is -5.34. The number of hydrogen-bond donors (Lipinski definition) is 1. The molecule has 9 nitrogen and oxygen atoms in total. The second kappa shape index (κ2) is 12.7. The Balaban J connectivity index is 1.28. The van der Waals surface area contributed by atoms with E-state index in [4.69, 9.17) is 14.5 Å². The van der Waals surface area contributed by atoms with Crippen molar-refractivity contribution in [2.75, 3.05) is 25.1 Å². The Kier molecular flexibility index (Phi) is 8.57. The molecule has 272 valence electrons. The molecule has 2 unspecified atom stereocenters. The van der Waals surface area contributed by atoms with Crippen molar-refractivity contribution in [3.63, 3.8) is 0 Å². The van der Waals surface area contributed by atoms with Gasteiger partial charge in [-0.2, -0.15) is 26.3 Å². The van der Waals surface area contributed by atoms with Gasteiger partial charge in [0, 0.05) is 30.4 Å². The van der Waals surface area contributed by atoms with Gasteiger partial charge in [0.2, 0.25) is 5.95 Å². The number of ether oxygens (including phenoxy) is 2. The molecule has 0 radical (unpaired) electrons. The molecule has 1 saturated carbocycles. The van der Waals surface area contributed by atoms with Crippen molar-refractivity contribution in [1.82, 2.24) is 14.9 Å². The molecule has 0 spiro atoms. The van der Waals surface area contributed by atoms with Crippen LogP contribution in [0.3, 0.4) is 0 Å². The molecule has 3 heterocycles. The van der Waals surface area contributed by atoms with Crippen molar-refractivity contribution < 1.29 is 50.5 Å². The number of piperidine rings is 1. The lowest BCUT2D eigenvalue weighted by Crippen LogP contribution is -2.32. The highest BCUT2D eigenvalue weighted by molar-refractivity contribution is 5.89. The highest BCUT2D eigenvalue weighted by Crippen LogP contribution is 2.47. The molecule has 3 fully saturated rings. The van der Waals surface area contributed by atoms with Crippen molar-refractivity contribution in [3.8, 4) is 28.0 Å². The minimum atomic E-state index is -5.07. The predicted octanol–water partition coefficient (Wildman–Crippen LogP) is 8.40. The van der Waals surface area contributed by atoms with Gasteiger partial charge in [-0.15, -0.1) is 0 Å². The number of aryl methyl sites for hydroxylation is 1. The number of cyclic esters (lactones) is 1. The Morgan fingerprint density at radius 3 is 2.21 bits per heavy atom.